The fraction of sp³-hybridized carbons (Fsp3) is 1.00. The lowest BCUT2D eigenvalue weighted by atomic mass is 10.2. The van der Waals surface area contributed by atoms with Crippen molar-refractivity contribution >= 4 is 8.56 Å². The molecule has 0 unspecified atom stereocenters. The minimum absolute atomic E-state index is 0.115. The first-order chi connectivity index (χ1) is 6.65. The number of hydrogen-bond acceptors (Lipinski definition) is 2. The molecule has 0 bridgehead atoms. The Balaban J connectivity index is 4.96. The fourth-order valence-corrected chi connectivity index (χ4v) is 5.91. The van der Waals surface area contributed by atoms with Crippen LogP contribution in [0.3, 0.4) is 0 Å². The highest BCUT2D eigenvalue weighted by molar-refractivity contribution is 6.70. The van der Waals surface area contributed by atoms with E-state index in [0.717, 1.165) is 6.61 Å². The fourth-order valence-electron chi connectivity index (χ4n) is 1.97. The summed E-state index contributed by atoms with van der Waals surface area (Å²) < 4.78 is 12.4. The van der Waals surface area contributed by atoms with Gasteiger partial charge in [0.25, 0.3) is 0 Å². The predicted molar refractivity (Wildman–Crippen MR) is 68.4 cm³/mol. The quantitative estimate of drug-likeness (QED) is 0.664. The van der Waals surface area contributed by atoms with Crippen molar-refractivity contribution in [1.29, 1.82) is 0 Å². The van der Waals surface area contributed by atoms with E-state index in [1.165, 1.54) is 0 Å². The molecule has 0 aromatic rings. The Bertz CT molecular complexity index is 175. The van der Waals surface area contributed by atoms with Gasteiger partial charge in [-0.1, -0.05) is 27.7 Å². The molecule has 2 nitrogen and oxygen atoms in total. The first-order valence-corrected chi connectivity index (χ1v) is 7.97. The van der Waals surface area contributed by atoms with E-state index in [-0.39, 0.29) is 5.60 Å². The van der Waals surface area contributed by atoms with Crippen molar-refractivity contribution in [3.8, 4) is 0 Å². The van der Waals surface area contributed by atoms with Gasteiger partial charge in [-0.25, -0.2) is 0 Å². The highest BCUT2D eigenvalue weighted by atomic mass is 28.4. The lowest BCUT2D eigenvalue weighted by Crippen LogP contribution is -2.52. The molecule has 0 radical (unpaired) electrons. The van der Waals surface area contributed by atoms with Gasteiger partial charge in [0.1, 0.15) is 0 Å². The van der Waals surface area contributed by atoms with Crippen LogP contribution in [0.1, 0.15) is 55.4 Å². The third-order valence-corrected chi connectivity index (χ3v) is 7.34. The zero-order valence-electron chi connectivity index (χ0n) is 11.7. The van der Waals surface area contributed by atoms with Crippen molar-refractivity contribution in [2.24, 2.45) is 0 Å². The largest absolute Gasteiger partial charge is 0.394 e. The van der Waals surface area contributed by atoms with Gasteiger partial charge in [-0.15, -0.1) is 0 Å². The second-order valence-electron chi connectivity index (χ2n) is 5.68. The van der Waals surface area contributed by atoms with Gasteiger partial charge in [0, 0.05) is 6.61 Å². The summed E-state index contributed by atoms with van der Waals surface area (Å²) in [6, 6.07) is 0. The molecule has 0 fully saturated rings. The van der Waals surface area contributed by atoms with Gasteiger partial charge < -0.3 is 8.85 Å². The van der Waals surface area contributed by atoms with Crippen LogP contribution in [0.2, 0.25) is 11.1 Å². The highest BCUT2D eigenvalue weighted by Crippen LogP contribution is 2.37. The van der Waals surface area contributed by atoms with Crippen molar-refractivity contribution in [3.05, 3.63) is 0 Å². The maximum atomic E-state index is 6.31. The molecule has 0 heterocycles. The molecule has 0 amide bonds. The van der Waals surface area contributed by atoms with E-state index in [2.05, 4.69) is 55.4 Å². The van der Waals surface area contributed by atoms with Gasteiger partial charge in [-0.3, -0.25) is 0 Å². The summed E-state index contributed by atoms with van der Waals surface area (Å²) in [5.41, 5.74) is 0.851. The zero-order chi connectivity index (χ0) is 12.3. The summed E-state index contributed by atoms with van der Waals surface area (Å²) in [5.74, 6) is 0. The van der Waals surface area contributed by atoms with Crippen LogP contribution in [-0.2, 0) is 8.85 Å². The summed E-state index contributed by atoms with van der Waals surface area (Å²) in [4.78, 5) is 0. The van der Waals surface area contributed by atoms with Crippen LogP contribution in [0.25, 0.3) is 0 Å². The Morgan fingerprint density at radius 2 is 1.40 bits per heavy atom. The molecular formula is C12H28O2Si. The summed E-state index contributed by atoms with van der Waals surface area (Å²) in [6.07, 6.45) is 0. The van der Waals surface area contributed by atoms with Gasteiger partial charge >= 0.3 is 8.56 Å². The van der Waals surface area contributed by atoms with Crippen molar-refractivity contribution in [3.63, 3.8) is 0 Å². The molecule has 0 aromatic carbocycles. The maximum Gasteiger partial charge on any atom is 0.343 e. The van der Waals surface area contributed by atoms with Crippen LogP contribution in [0.4, 0.5) is 0 Å². The lowest BCUT2D eigenvalue weighted by molar-refractivity contribution is 0.0555. The SMILES string of the molecule is CCO[Si](OC(C)(C)C)(C(C)C)C(C)C. The molecule has 0 aliphatic rings. The predicted octanol–water partition coefficient (Wildman–Crippen LogP) is 4.10. The highest BCUT2D eigenvalue weighted by Gasteiger charge is 2.47. The Labute approximate surface area is 96.6 Å². The molecule has 0 aliphatic heterocycles. The van der Waals surface area contributed by atoms with E-state index in [9.17, 15) is 0 Å². The van der Waals surface area contributed by atoms with Crippen LogP contribution in [0.15, 0.2) is 0 Å². The smallest absolute Gasteiger partial charge is 0.343 e. The van der Waals surface area contributed by atoms with Crippen LogP contribution in [0.5, 0.6) is 0 Å². The van der Waals surface area contributed by atoms with Gasteiger partial charge in [0.15, 0.2) is 0 Å². The third kappa shape index (κ3) is 4.25. The Kier molecular flexibility index (Phi) is 5.51. The maximum absolute atomic E-state index is 6.31. The van der Waals surface area contributed by atoms with Crippen molar-refractivity contribution < 1.29 is 8.85 Å². The van der Waals surface area contributed by atoms with E-state index < -0.39 is 8.56 Å². The molecule has 0 spiro atoms. The molecule has 3 heteroatoms. The number of rotatable bonds is 5. The van der Waals surface area contributed by atoms with Crippen LogP contribution < -0.4 is 0 Å². The summed E-state index contributed by atoms with van der Waals surface area (Å²) >= 11 is 0. The van der Waals surface area contributed by atoms with Gasteiger partial charge in [-0.05, 0) is 38.8 Å². The van der Waals surface area contributed by atoms with Gasteiger partial charge in [-0.2, -0.15) is 0 Å². The second kappa shape index (κ2) is 5.46. The van der Waals surface area contributed by atoms with Crippen molar-refractivity contribution in [1.82, 2.24) is 0 Å². The minimum Gasteiger partial charge on any atom is -0.394 e. The monoisotopic (exact) mass is 232 g/mol. The molecule has 0 atom stereocenters. The topological polar surface area (TPSA) is 18.5 Å². The third-order valence-electron chi connectivity index (χ3n) is 2.45. The summed E-state index contributed by atoms with van der Waals surface area (Å²) in [7, 11) is -2.09. The van der Waals surface area contributed by atoms with E-state index >= 15 is 0 Å². The first-order valence-electron chi connectivity index (χ1n) is 5.99. The minimum atomic E-state index is -2.09. The van der Waals surface area contributed by atoms with E-state index in [1.807, 2.05) is 0 Å². The molecular weight excluding hydrogens is 204 g/mol. The van der Waals surface area contributed by atoms with Gasteiger partial charge in [0.2, 0.25) is 0 Å². The van der Waals surface area contributed by atoms with E-state index in [0.29, 0.717) is 11.1 Å². The van der Waals surface area contributed by atoms with Crippen LogP contribution in [-0.4, -0.2) is 20.8 Å². The molecule has 92 valence electrons. The van der Waals surface area contributed by atoms with E-state index in [4.69, 9.17) is 8.85 Å². The van der Waals surface area contributed by atoms with E-state index in [1.54, 1.807) is 0 Å². The van der Waals surface area contributed by atoms with Crippen LogP contribution >= 0.6 is 0 Å². The summed E-state index contributed by atoms with van der Waals surface area (Å²) in [6.45, 7) is 18.0. The molecule has 0 rings (SSSR count). The number of hydrogen-bond donors (Lipinski definition) is 0. The molecule has 0 N–H and O–H groups in total. The summed E-state index contributed by atoms with van der Waals surface area (Å²) in [5, 5.41) is 0. The standard InChI is InChI=1S/C12H28O2Si/c1-9-13-15(10(2)3,11(4)5)14-12(6,7)8/h10-11H,9H2,1-8H3. The zero-order valence-corrected chi connectivity index (χ0v) is 12.7. The van der Waals surface area contributed by atoms with Crippen LogP contribution in [0, 0.1) is 0 Å². The second-order valence-corrected chi connectivity index (χ2v) is 9.92. The Morgan fingerprint density at radius 1 is 1.00 bits per heavy atom. The molecule has 0 saturated carbocycles. The average molecular weight is 232 g/mol. The molecule has 0 saturated heterocycles. The van der Waals surface area contributed by atoms with Crippen molar-refractivity contribution in [2.75, 3.05) is 6.61 Å². The average Bonchev–Trinajstić information content (AvgIpc) is 1.99. The lowest BCUT2D eigenvalue weighted by Gasteiger charge is -2.42. The molecule has 0 aromatic heterocycles. The first kappa shape index (κ1) is 15.1. The molecule has 15 heavy (non-hydrogen) atoms. The normalized spacial score (nSPS) is 14.0. The molecule has 0 aliphatic carbocycles. The van der Waals surface area contributed by atoms with Crippen molar-refractivity contribution in [2.45, 2.75) is 72.1 Å². The van der Waals surface area contributed by atoms with Gasteiger partial charge in [0.05, 0.1) is 5.60 Å². The Hall–Kier alpha value is 0.137. The Morgan fingerprint density at radius 3 is 1.60 bits per heavy atom.